The van der Waals surface area contributed by atoms with Crippen molar-refractivity contribution in [1.82, 2.24) is 10.6 Å². The number of ether oxygens (including phenoxy) is 1. The van der Waals surface area contributed by atoms with E-state index in [9.17, 15) is 9.18 Å². The number of methoxy groups -OCH3 is 1. The van der Waals surface area contributed by atoms with E-state index in [4.69, 9.17) is 11.6 Å². The van der Waals surface area contributed by atoms with Crippen molar-refractivity contribution in [1.29, 1.82) is 0 Å². The number of aliphatic imine (C=N–C) groups is 1. The van der Waals surface area contributed by atoms with Crippen LogP contribution in [0.15, 0.2) is 23.2 Å². The first-order chi connectivity index (χ1) is 11.8. The summed E-state index contributed by atoms with van der Waals surface area (Å²) in [7, 11) is 3.09. The molecule has 0 fully saturated rings. The number of nitrogens with one attached hydrogen (secondary N) is 2. The molecule has 2 N–H and O–H groups in total. The Morgan fingerprint density at radius 3 is 2.64 bits per heavy atom. The van der Waals surface area contributed by atoms with Crippen LogP contribution in [0, 0.1) is 5.82 Å². The van der Waals surface area contributed by atoms with Gasteiger partial charge in [0, 0.05) is 37.0 Å². The molecule has 0 aromatic heterocycles. The van der Waals surface area contributed by atoms with Crippen LogP contribution in [-0.4, -0.2) is 39.2 Å². The van der Waals surface area contributed by atoms with Crippen molar-refractivity contribution in [3.8, 4) is 0 Å². The summed E-state index contributed by atoms with van der Waals surface area (Å²) in [4.78, 5) is 15.2. The topological polar surface area (TPSA) is 62.7 Å². The lowest BCUT2D eigenvalue weighted by Gasteiger charge is -2.27. The van der Waals surface area contributed by atoms with E-state index in [2.05, 4.69) is 20.4 Å². The van der Waals surface area contributed by atoms with Gasteiger partial charge in [0.25, 0.3) is 0 Å². The highest BCUT2D eigenvalue weighted by atomic mass is 35.5. The van der Waals surface area contributed by atoms with E-state index in [1.165, 1.54) is 19.2 Å². The van der Waals surface area contributed by atoms with Crippen molar-refractivity contribution >= 4 is 23.5 Å². The quantitative estimate of drug-likeness (QED) is 0.318. The maximum Gasteiger partial charge on any atom is 0.305 e. The van der Waals surface area contributed by atoms with Gasteiger partial charge in [0.05, 0.1) is 7.11 Å². The average molecular weight is 372 g/mol. The van der Waals surface area contributed by atoms with E-state index in [1.807, 2.05) is 13.8 Å². The van der Waals surface area contributed by atoms with Gasteiger partial charge in [-0.1, -0.05) is 31.5 Å². The van der Waals surface area contributed by atoms with Gasteiger partial charge in [-0.3, -0.25) is 9.79 Å². The van der Waals surface area contributed by atoms with Gasteiger partial charge in [-0.2, -0.15) is 0 Å². The van der Waals surface area contributed by atoms with Gasteiger partial charge in [0.15, 0.2) is 5.96 Å². The van der Waals surface area contributed by atoms with E-state index in [0.29, 0.717) is 30.5 Å². The van der Waals surface area contributed by atoms with Crippen LogP contribution in [-0.2, 0) is 14.9 Å². The Hall–Kier alpha value is -1.82. The molecule has 0 saturated heterocycles. The third-order valence-electron chi connectivity index (χ3n) is 3.91. The minimum atomic E-state index is -0.345. The second-order valence-electron chi connectivity index (χ2n) is 6.39. The molecule has 7 heteroatoms. The SMILES string of the molecule is CN=C(NCCCCC(=O)OC)NCC(C)(C)c1ccc(F)cc1Cl. The van der Waals surface area contributed by atoms with Crippen molar-refractivity contribution in [2.45, 2.75) is 38.5 Å². The Kier molecular flexibility index (Phi) is 8.69. The lowest BCUT2D eigenvalue weighted by molar-refractivity contribution is -0.140. The lowest BCUT2D eigenvalue weighted by Crippen LogP contribution is -2.43. The normalized spacial score (nSPS) is 12.0. The summed E-state index contributed by atoms with van der Waals surface area (Å²) in [6.45, 7) is 5.35. The molecule has 1 rings (SSSR count). The maximum atomic E-state index is 13.2. The molecule has 1 aromatic rings. The molecule has 0 saturated carbocycles. The molecule has 0 heterocycles. The molecule has 0 aliphatic carbocycles. The number of hydrogen-bond donors (Lipinski definition) is 2. The highest BCUT2D eigenvalue weighted by Gasteiger charge is 2.24. The van der Waals surface area contributed by atoms with Gasteiger partial charge >= 0.3 is 5.97 Å². The Morgan fingerprint density at radius 2 is 2.04 bits per heavy atom. The average Bonchev–Trinajstić information content (AvgIpc) is 2.56. The van der Waals surface area contributed by atoms with Crippen molar-refractivity contribution in [3.05, 3.63) is 34.6 Å². The van der Waals surface area contributed by atoms with Gasteiger partial charge < -0.3 is 15.4 Å². The van der Waals surface area contributed by atoms with Crippen LogP contribution < -0.4 is 10.6 Å². The zero-order valence-corrected chi connectivity index (χ0v) is 16.0. The molecule has 0 amide bonds. The van der Waals surface area contributed by atoms with E-state index in [-0.39, 0.29) is 17.2 Å². The molecule has 0 spiro atoms. The monoisotopic (exact) mass is 371 g/mol. The van der Waals surface area contributed by atoms with E-state index in [0.717, 1.165) is 18.4 Å². The fourth-order valence-electron chi connectivity index (χ4n) is 2.36. The first-order valence-electron chi connectivity index (χ1n) is 8.27. The third-order valence-corrected chi connectivity index (χ3v) is 4.22. The molecule has 0 aliphatic rings. The first-order valence-corrected chi connectivity index (χ1v) is 8.65. The van der Waals surface area contributed by atoms with Crippen LogP contribution in [0.5, 0.6) is 0 Å². The maximum absolute atomic E-state index is 13.2. The molecule has 0 radical (unpaired) electrons. The number of nitrogens with zero attached hydrogens (tertiary/aromatic N) is 1. The zero-order valence-electron chi connectivity index (χ0n) is 15.3. The highest BCUT2D eigenvalue weighted by Crippen LogP contribution is 2.29. The molecule has 5 nitrogen and oxygen atoms in total. The van der Waals surface area contributed by atoms with Gasteiger partial charge in [-0.25, -0.2) is 4.39 Å². The van der Waals surface area contributed by atoms with E-state index >= 15 is 0 Å². The van der Waals surface area contributed by atoms with Crippen LogP contribution in [0.2, 0.25) is 5.02 Å². The lowest BCUT2D eigenvalue weighted by atomic mass is 9.84. The first kappa shape index (κ1) is 21.2. The fraction of sp³-hybridized carbons (Fsp3) is 0.556. The molecular weight excluding hydrogens is 345 g/mol. The predicted octanol–water partition coefficient (Wildman–Crippen LogP) is 3.27. The van der Waals surface area contributed by atoms with Gasteiger partial charge in [0.2, 0.25) is 0 Å². The van der Waals surface area contributed by atoms with Crippen LogP contribution in [0.1, 0.15) is 38.7 Å². The number of unbranched alkanes of at least 4 members (excludes halogenated alkanes) is 1. The summed E-state index contributed by atoms with van der Waals surface area (Å²) in [5.74, 6) is 0.131. The standard InChI is InChI=1S/C18H27ClFN3O2/c1-18(2,14-9-8-13(20)11-15(14)19)12-23-17(21-3)22-10-6-5-7-16(24)25-4/h8-9,11H,5-7,10,12H2,1-4H3,(H2,21,22,23). The number of halogens is 2. The second kappa shape index (κ2) is 10.2. The minimum absolute atomic E-state index is 0.194. The number of carbonyl (C=O) groups is 1. The number of benzene rings is 1. The Labute approximate surface area is 154 Å². The highest BCUT2D eigenvalue weighted by molar-refractivity contribution is 6.31. The zero-order chi connectivity index (χ0) is 18.9. The number of esters is 1. The van der Waals surface area contributed by atoms with Gasteiger partial charge in [-0.15, -0.1) is 0 Å². The fourth-order valence-corrected chi connectivity index (χ4v) is 2.79. The summed E-state index contributed by atoms with van der Waals surface area (Å²) >= 11 is 6.17. The summed E-state index contributed by atoms with van der Waals surface area (Å²) in [6, 6.07) is 4.45. The van der Waals surface area contributed by atoms with Crippen molar-refractivity contribution < 1.29 is 13.9 Å². The van der Waals surface area contributed by atoms with Crippen LogP contribution in [0.25, 0.3) is 0 Å². The number of carbonyl (C=O) groups excluding carboxylic acids is 1. The number of hydrogen-bond acceptors (Lipinski definition) is 3. The summed E-state index contributed by atoms with van der Waals surface area (Å²) in [5.41, 5.74) is 0.574. The van der Waals surface area contributed by atoms with Crippen LogP contribution in [0.4, 0.5) is 4.39 Å². The molecular formula is C18H27ClFN3O2. The number of rotatable bonds is 8. The molecule has 0 atom stereocenters. The molecule has 140 valence electrons. The van der Waals surface area contributed by atoms with Crippen LogP contribution >= 0.6 is 11.6 Å². The molecule has 0 bridgehead atoms. The third kappa shape index (κ3) is 7.30. The smallest absolute Gasteiger partial charge is 0.305 e. The van der Waals surface area contributed by atoms with E-state index < -0.39 is 0 Å². The molecule has 25 heavy (non-hydrogen) atoms. The van der Waals surface area contributed by atoms with Crippen molar-refractivity contribution in [2.75, 3.05) is 27.2 Å². The Bertz CT molecular complexity index is 606. The Balaban J connectivity index is 2.46. The van der Waals surface area contributed by atoms with Gasteiger partial charge in [0.1, 0.15) is 5.82 Å². The molecule has 0 unspecified atom stereocenters. The second-order valence-corrected chi connectivity index (χ2v) is 6.80. The predicted molar refractivity (Wildman–Crippen MR) is 99.7 cm³/mol. The van der Waals surface area contributed by atoms with Crippen molar-refractivity contribution in [2.24, 2.45) is 4.99 Å². The number of guanidine groups is 1. The van der Waals surface area contributed by atoms with Crippen molar-refractivity contribution in [3.63, 3.8) is 0 Å². The summed E-state index contributed by atoms with van der Waals surface area (Å²) in [5, 5.41) is 6.87. The minimum Gasteiger partial charge on any atom is -0.469 e. The van der Waals surface area contributed by atoms with Gasteiger partial charge in [-0.05, 0) is 30.5 Å². The summed E-state index contributed by atoms with van der Waals surface area (Å²) in [6.07, 6.45) is 2.01. The molecule has 0 aliphatic heterocycles. The molecule has 1 aromatic carbocycles. The Morgan fingerprint density at radius 1 is 1.32 bits per heavy atom. The van der Waals surface area contributed by atoms with Crippen LogP contribution in [0.3, 0.4) is 0 Å². The summed E-state index contributed by atoms with van der Waals surface area (Å²) < 4.78 is 17.8. The largest absolute Gasteiger partial charge is 0.469 e. The van der Waals surface area contributed by atoms with E-state index in [1.54, 1.807) is 13.1 Å².